The molecule has 1 aromatic rings. The van der Waals surface area contributed by atoms with Crippen LogP contribution in [0.25, 0.3) is 0 Å². The van der Waals surface area contributed by atoms with Crippen LogP contribution in [0.1, 0.15) is 23.2 Å². The van der Waals surface area contributed by atoms with Crippen molar-refractivity contribution < 1.29 is 9.90 Å². The van der Waals surface area contributed by atoms with Gasteiger partial charge in [-0.2, -0.15) is 0 Å². The van der Waals surface area contributed by atoms with Gasteiger partial charge in [-0.1, -0.05) is 23.2 Å². The Kier molecular flexibility index (Phi) is 4.00. The Bertz CT molecular complexity index is 452. The van der Waals surface area contributed by atoms with Gasteiger partial charge in [0.05, 0.1) is 21.8 Å². The second-order valence-electron chi connectivity index (χ2n) is 4.47. The zero-order valence-electron chi connectivity index (χ0n) is 9.62. The first kappa shape index (κ1) is 13.5. The molecule has 0 saturated heterocycles. The molecule has 6 heteroatoms. The Morgan fingerprint density at radius 1 is 1.44 bits per heavy atom. The number of benzene rings is 1. The van der Waals surface area contributed by atoms with Gasteiger partial charge in [-0.3, -0.25) is 4.79 Å². The molecule has 0 heterocycles. The number of aliphatic hydroxyl groups excluding tert-OH is 1. The average molecular weight is 289 g/mol. The molecule has 1 fully saturated rings. The topological polar surface area (TPSA) is 75.4 Å². The molecule has 2 rings (SSSR count). The highest BCUT2D eigenvalue weighted by atomic mass is 35.5. The summed E-state index contributed by atoms with van der Waals surface area (Å²) in [6.45, 7) is 0.239. The smallest absolute Gasteiger partial charge is 0.251 e. The van der Waals surface area contributed by atoms with Crippen LogP contribution in [-0.2, 0) is 0 Å². The number of halogens is 2. The number of rotatable bonds is 4. The SMILES string of the molecule is Nc1c(Cl)cc(C(=O)NCC(O)C2CC2)cc1Cl. The molecule has 18 heavy (non-hydrogen) atoms. The van der Waals surface area contributed by atoms with Crippen molar-refractivity contribution >= 4 is 34.8 Å². The summed E-state index contributed by atoms with van der Waals surface area (Å²) < 4.78 is 0. The molecule has 1 aliphatic rings. The molecule has 1 aliphatic carbocycles. The van der Waals surface area contributed by atoms with Crippen LogP contribution >= 0.6 is 23.2 Å². The third-order valence-electron chi connectivity index (χ3n) is 2.98. The van der Waals surface area contributed by atoms with Crippen molar-refractivity contribution in [1.82, 2.24) is 5.32 Å². The molecular formula is C12H14Cl2N2O2. The third-order valence-corrected chi connectivity index (χ3v) is 3.60. The minimum atomic E-state index is -0.478. The molecule has 0 radical (unpaired) electrons. The maximum atomic E-state index is 11.8. The second kappa shape index (κ2) is 5.34. The number of hydrogen-bond donors (Lipinski definition) is 3. The molecule has 1 aromatic carbocycles. The van der Waals surface area contributed by atoms with Gasteiger partial charge in [-0.25, -0.2) is 0 Å². The molecule has 0 spiro atoms. The van der Waals surface area contributed by atoms with Gasteiger partial charge in [0, 0.05) is 12.1 Å². The number of nitrogens with two attached hydrogens (primary N) is 1. The van der Waals surface area contributed by atoms with Crippen LogP contribution in [0, 0.1) is 5.92 Å². The van der Waals surface area contributed by atoms with Crippen LogP contribution in [-0.4, -0.2) is 23.7 Å². The van der Waals surface area contributed by atoms with Crippen molar-refractivity contribution in [3.8, 4) is 0 Å². The van der Waals surface area contributed by atoms with Gasteiger partial charge < -0.3 is 16.2 Å². The van der Waals surface area contributed by atoms with Crippen molar-refractivity contribution in [2.24, 2.45) is 5.92 Å². The fourth-order valence-corrected chi connectivity index (χ4v) is 2.15. The highest BCUT2D eigenvalue weighted by molar-refractivity contribution is 6.39. The number of aliphatic hydroxyl groups is 1. The van der Waals surface area contributed by atoms with E-state index in [0.29, 0.717) is 11.5 Å². The number of amides is 1. The largest absolute Gasteiger partial charge is 0.396 e. The summed E-state index contributed by atoms with van der Waals surface area (Å²) in [4.78, 5) is 11.8. The quantitative estimate of drug-likeness (QED) is 0.743. The van der Waals surface area contributed by atoms with Crippen molar-refractivity contribution in [2.75, 3.05) is 12.3 Å². The Morgan fingerprint density at radius 2 is 2.00 bits per heavy atom. The second-order valence-corrected chi connectivity index (χ2v) is 5.28. The van der Waals surface area contributed by atoms with E-state index in [2.05, 4.69) is 5.32 Å². The highest BCUT2D eigenvalue weighted by Gasteiger charge is 2.29. The first-order chi connectivity index (χ1) is 8.49. The van der Waals surface area contributed by atoms with Crippen molar-refractivity contribution in [1.29, 1.82) is 0 Å². The molecule has 1 saturated carbocycles. The van der Waals surface area contributed by atoms with Gasteiger partial charge in [0.25, 0.3) is 5.91 Å². The Morgan fingerprint density at radius 3 is 2.50 bits per heavy atom. The van der Waals surface area contributed by atoms with E-state index in [4.69, 9.17) is 28.9 Å². The zero-order chi connectivity index (χ0) is 13.3. The Hall–Kier alpha value is -0.970. The lowest BCUT2D eigenvalue weighted by Gasteiger charge is -2.11. The molecule has 4 N–H and O–H groups in total. The van der Waals surface area contributed by atoms with E-state index in [1.165, 1.54) is 12.1 Å². The molecule has 1 unspecified atom stereocenters. The minimum absolute atomic E-state index is 0.239. The maximum Gasteiger partial charge on any atom is 0.251 e. The maximum absolute atomic E-state index is 11.8. The molecule has 0 bridgehead atoms. The normalized spacial score (nSPS) is 16.4. The Labute approximate surface area is 115 Å². The minimum Gasteiger partial charge on any atom is -0.396 e. The number of anilines is 1. The van der Waals surface area contributed by atoms with Gasteiger partial charge in [-0.15, -0.1) is 0 Å². The molecule has 4 nitrogen and oxygen atoms in total. The molecular weight excluding hydrogens is 275 g/mol. The van der Waals surface area contributed by atoms with E-state index in [-0.39, 0.29) is 28.2 Å². The molecule has 0 aliphatic heterocycles. The summed E-state index contributed by atoms with van der Waals surface area (Å²) >= 11 is 11.7. The summed E-state index contributed by atoms with van der Waals surface area (Å²) in [5, 5.41) is 12.8. The van der Waals surface area contributed by atoms with Crippen LogP contribution < -0.4 is 11.1 Å². The summed E-state index contributed by atoms with van der Waals surface area (Å²) in [7, 11) is 0. The molecule has 1 atom stereocenters. The first-order valence-corrected chi connectivity index (χ1v) is 6.45. The van der Waals surface area contributed by atoms with E-state index >= 15 is 0 Å². The number of hydrogen-bond acceptors (Lipinski definition) is 3. The number of nitrogens with one attached hydrogen (secondary N) is 1. The summed E-state index contributed by atoms with van der Waals surface area (Å²) in [5.41, 5.74) is 6.18. The predicted molar refractivity (Wildman–Crippen MR) is 71.9 cm³/mol. The van der Waals surface area contributed by atoms with Crippen molar-refractivity contribution in [2.45, 2.75) is 18.9 Å². The zero-order valence-corrected chi connectivity index (χ0v) is 11.1. The first-order valence-electron chi connectivity index (χ1n) is 5.70. The molecule has 0 aromatic heterocycles. The lowest BCUT2D eigenvalue weighted by atomic mass is 10.2. The van der Waals surface area contributed by atoms with E-state index in [9.17, 15) is 9.90 Å². The number of carbonyl (C=O) groups is 1. The van der Waals surface area contributed by atoms with E-state index in [0.717, 1.165) is 12.8 Å². The monoisotopic (exact) mass is 288 g/mol. The number of carbonyl (C=O) groups excluding carboxylic acids is 1. The fraction of sp³-hybridized carbons (Fsp3) is 0.417. The van der Waals surface area contributed by atoms with E-state index in [1.807, 2.05) is 0 Å². The van der Waals surface area contributed by atoms with Gasteiger partial charge in [0.15, 0.2) is 0 Å². The summed E-state index contributed by atoms with van der Waals surface area (Å²) in [6, 6.07) is 2.92. The number of nitrogen functional groups attached to an aromatic ring is 1. The van der Waals surface area contributed by atoms with Gasteiger partial charge >= 0.3 is 0 Å². The van der Waals surface area contributed by atoms with Crippen molar-refractivity contribution in [3.63, 3.8) is 0 Å². The van der Waals surface area contributed by atoms with Crippen LogP contribution in [0.4, 0.5) is 5.69 Å². The van der Waals surface area contributed by atoms with Crippen LogP contribution in [0.15, 0.2) is 12.1 Å². The Balaban J connectivity index is 1.99. The summed E-state index contributed by atoms with van der Waals surface area (Å²) in [6.07, 6.45) is 1.57. The predicted octanol–water partition coefficient (Wildman–Crippen LogP) is 2.08. The van der Waals surface area contributed by atoms with Gasteiger partial charge in [0.2, 0.25) is 0 Å². The molecule has 98 valence electrons. The fourth-order valence-electron chi connectivity index (χ4n) is 1.66. The third kappa shape index (κ3) is 3.07. The lowest BCUT2D eigenvalue weighted by Crippen LogP contribution is -2.33. The van der Waals surface area contributed by atoms with E-state index < -0.39 is 6.10 Å². The highest BCUT2D eigenvalue weighted by Crippen LogP contribution is 2.32. The lowest BCUT2D eigenvalue weighted by molar-refractivity contribution is 0.0901. The van der Waals surface area contributed by atoms with Crippen LogP contribution in [0.2, 0.25) is 10.0 Å². The van der Waals surface area contributed by atoms with Crippen LogP contribution in [0.3, 0.4) is 0 Å². The van der Waals surface area contributed by atoms with E-state index in [1.54, 1.807) is 0 Å². The summed E-state index contributed by atoms with van der Waals surface area (Å²) in [5.74, 6) is 0.00222. The molecule has 1 amide bonds. The van der Waals surface area contributed by atoms with Crippen molar-refractivity contribution in [3.05, 3.63) is 27.7 Å². The van der Waals surface area contributed by atoms with Crippen LogP contribution in [0.5, 0.6) is 0 Å². The van der Waals surface area contributed by atoms with Gasteiger partial charge in [-0.05, 0) is 30.9 Å². The van der Waals surface area contributed by atoms with Gasteiger partial charge in [0.1, 0.15) is 0 Å². The average Bonchev–Trinajstić information content (AvgIpc) is 3.16. The standard InChI is InChI=1S/C12H14Cl2N2O2/c13-8-3-7(4-9(14)11(8)15)12(18)16-5-10(17)6-1-2-6/h3-4,6,10,17H,1-2,5,15H2,(H,16,18).